The third-order valence-corrected chi connectivity index (χ3v) is 3.95. The molecular weight excluding hydrogens is 262 g/mol. The summed E-state index contributed by atoms with van der Waals surface area (Å²) < 4.78 is 21.6. The summed E-state index contributed by atoms with van der Waals surface area (Å²) in [5.41, 5.74) is 0. The molecule has 0 bridgehead atoms. The van der Waals surface area contributed by atoms with Crippen LogP contribution in [0.25, 0.3) is 0 Å². The third-order valence-electron chi connectivity index (χ3n) is 2.09. The molecule has 0 aliphatic rings. The largest absolute Gasteiger partial charge is 1.00 e. The van der Waals surface area contributed by atoms with Crippen molar-refractivity contribution in [2.45, 2.75) is 4.90 Å². The van der Waals surface area contributed by atoms with E-state index >= 15 is 0 Å². The van der Waals surface area contributed by atoms with Gasteiger partial charge in [-0.05, 0) is 33.8 Å². The van der Waals surface area contributed by atoms with Gasteiger partial charge in [-0.3, -0.25) is 4.21 Å². The maximum atomic E-state index is 10.8. The van der Waals surface area contributed by atoms with Crippen molar-refractivity contribution < 1.29 is 38.3 Å². The van der Waals surface area contributed by atoms with Crippen molar-refractivity contribution in [3.8, 4) is 0 Å². The zero-order valence-electron chi connectivity index (χ0n) is 9.42. The van der Waals surface area contributed by atoms with Gasteiger partial charge in [0.05, 0.1) is 0 Å². The molecule has 5 heteroatoms. The minimum absolute atomic E-state index is 0. The average Bonchev–Trinajstić information content (AvgIpc) is 2.30. The Kier molecular flexibility index (Phi) is 6.57. The van der Waals surface area contributed by atoms with Gasteiger partial charge in [0.2, 0.25) is 0 Å². The number of benzene rings is 2. The molecule has 0 spiro atoms. The smallest absolute Gasteiger partial charge is 0.768 e. The van der Waals surface area contributed by atoms with Gasteiger partial charge < -0.3 is 4.55 Å². The minimum atomic E-state index is -2.14. The Labute approximate surface area is 127 Å². The predicted octanol–water partition coefficient (Wildman–Crippen LogP) is -1.44. The topological polar surface area (TPSA) is 40.1 Å². The molecule has 2 rings (SSSR count). The van der Waals surface area contributed by atoms with Crippen LogP contribution >= 0.6 is 8.58 Å². The van der Waals surface area contributed by atoms with Gasteiger partial charge in [0.15, 0.2) is 0 Å². The Hall–Kier alpha value is -0.0200. The fraction of sp³-hybridized carbons (Fsp3) is 0. The molecule has 2 nitrogen and oxygen atoms in total. The van der Waals surface area contributed by atoms with Gasteiger partial charge in [-0.15, -0.1) is 0 Å². The monoisotopic (exact) mass is 272 g/mol. The number of hydrogen-bond donors (Lipinski definition) is 0. The Bertz CT molecular complexity index is 505. The van der Waals surface area contributed by atoms with Crippen LogP contribution < -0.4 is 40.2 Å². The zero-order valence-corrected chi connectivity index (χ0v) is 13.2. The minimum Gasteiger partial charge on any atom is -0.768 e. The van der Waals surface area contributed by atoms with Crippen LogP contribution in [0.5, 0.6) is 0 Å². The van der Waals surface area contributed by atoms with Crippen molar-refractivity contribution in [3.05, 3.63) is 54.6 Å². The summed E-state index contributed by atoms with van der Waals surface area (Å²) in [6.07, 6.45) is 0. The molecule has 0 N–H and O–H groups in total. The standard InChI is InChI=1S/C12H11O2PS.Na/c13-16(14)12-8-4-7-11(9-12)15-10-5-2-1-3-6-10;/h1-9,15H,(H,13,14);/q;+1/p-1. The summed E-state index contributed by atoms with van der Waals surface area (Å²) >= 11 is -2.14. The first-order valence-corrected chi connectivity index (χ1v) is 6.84. The molecule has 0 aromatic heterocycles. The van der Waals surface area contributed by atoms with Gasteiger partial charge in [0, 0.05) is 4.90 Å². The summed E-state index contributed by atoms with van der Waals surface area (Å²) in [6, 6.07) is 17.1. The molecule has 0 aliphatic heterocycles. The van der Waals surface area contributed by atoms with Crippen LogP contribution in [0.15, 0.2) is 59.5 Å². The Morgan fingerprint density at radius 3 is 2.24 bits per heavy atom. The van der Waals surface area contributed by atoms with Gasteiger partial charge in [-0.2, -0.15) is 0 Å². The quantitative estimate of drug-likeness (QED) is 0.390. The van der Waals surface area contributed by atoms with E-state index < -0.39 is 11.1 Å². The van der Waals surface area contributed by atoms with Gasteiger partial charge in [0.1, 0.15) is 0 Å². The van der Waals surface area contributed by atoms with Crippen molar-refractivity contribution in [2.75, 3.05) is 0 Å². The van der Waals surface area contributed by atoms with Gasteiger partial charge in [-0.25, -0.2) is 0 Å². The molecular formula is C12H10NaO2PS. The van der Waals surface area contributed by atoms with E-state index in [1.165, 1.54) is 5.30 Å². The van der Waals surface area contributed by atoms with Crippen molar-refractivity contribution >= 4 is 30.3 Å². The van der Waals surface area contributed by atoms with Crippen LogP contribution in [0.3, 0.4) is 0 Å². The van der Waals surface area contributed by atoms with Crippen LogP contribution in [-0.2, 0) is 11.1 Å². The molecule has 2 unspecified atom stereocenters. The Morgan fingerprint density at radius 1 is 0.941 bits per heavy atom. The van der Waals surface area contributed by atoms with Crippen molar-refractivity contribution in [2.24, 2.45) is 0 Å². The van der Waals surface area contributed by atoms with Gasteiger partial charge in [0.25, 0.3) is 0 Å². The number of rotatable bonds is 3. The number of hydrogen-bond acceptors (Lipinski definition) is 2. The summed E-state index contributed by atoms with van der Waals surface area (Å²) in [6.45, 7) is 0. The SMILES string of the molecule is O=S([O-])c1cccc(Pc2ccccc2)c1.[Na+]. The first kappa shape index (κ1) is 15.0. The second-order valence-electron chi connectivity index (χ2n) is 3.25. The van der Waals surface area contributed by atoms with E-state index in [2.05, 4.69) is 0 Å². The summed E-state index contributed by atoms with van der Waals surface area (Å²) in [5.74, 6) is 0. The second kappa shape index (κ2) is 7.42. The van der Waals surface area contributed by atoms with Crippen molar-refractivity contribution in [1.82, 2.24) is 0 Å². The zero-order chi connectivity index (χ0) is 11.4. The molecule has 0 heterocycles. The molecule has 2 atom stereocenters. The van der Waals surface area contributed by atoms with E-state index in [1.807, 2.05) is 36.4 Å². The molecule has 0 radical (unpaired) electrons. The molecule has 17 heavy (non-hydrogen) atoms. The van der Waals surface area contributed by atoms with Crippen LogP contribution in [0, 0.1) is 0 Å². The van der Waals surface area contributed by atoms with E-state index in [4.69, 9.17) is 0 Å². The van der Waals surface area contributed by atoms with Gasteiger partial charge >= 0.3 is 29.6 Å². The second-order valence-corrected chi connectivity index (χ2v) is 5.60. The van der Waals surface area contributed by atoms with Crippen molar-refractivity contribution in [3.63, 3.8) is 0 Å². The average molecular weight is 272 g/mol. The van der Waals surface area contributed by atoms with Crippen LogP contribution in [0.4, 0.5) is 0 Å². The predicted molar refractivity (Wildman–Crippen MR) is 67.7 cm³/mol. The van der Waals surface area contributed by atoms with Crippen LogP contribution in [-0.4, -0.2) is 8.76 Å². The van der Waals surface area contributed by atoms with E-state index in [0.29, 0.717) is 13.5 Å². The fourth-order valence-corrected chi connectivity index (χ4v) is 2.98. The summed E-state index contributed by atoms with van der Waals surface area (Å²) in [4.78, 5) is 0.348. The maximum absolute atomic E-state index is 10.8. The fourth-order valence-electron chi connectivity index (χ4n) is 1.37. The van der Waals surface area contributed by atoms with Crippen molar-refractivity contribution in [1.29, 1.82) is 0 Å². The van der Waals surface area contributed by atoms with Crippen LogP contribution in [0.2, 0.25) is 0 Å². The molecule has 0 fully saturated rings. The molecule has 2 aromatic carbocycles. The molecule has 82 valence electrons. The van der Waals surface area contributed by atoms with E-state index in [1.54, 1.807) is 18.2 Å². The molecule has 2 aromatic rings. The third kappa shape index (κ3) is 4.63. The molecule has 0 amide bonds. The first-order chi connectivity index (χ1) is 7.75. The van der Waals surface area contributed by atoms with E-state index in [9.17, 15) is 8.76 Å². The van der Waals surface area contributed by atoms with Gasteiger partial charge in [-0.1, -0.05) is 51.0 Å². The van der Waals surface area contributed by atoms with Crippen LogP contribution in [0.1, 0.15) is 0 Å². The van der Waals surface area contributed by atoms with E-state index in [-0.39, 0.29) is 29.6 Å². The Morgan fingerprint density at radius 2 is 1.59 bits per heavy atom. The van der Waals surface area contributed by atoms with E-state index in [0.717, 1.165) is 5.30 Å². The molecule has 0 saturated heterocycles. The first-order valence-electron chi connectivity index (χ1n) is 4.77. The normalized spacial score (nSPS) is 12.3. The molecule has 0 saturated carbocycles. The Balaban J connectivity index is 0.00000144. The molecule has 0 aliphatic carbocycles. The maximum Gasteiger partial charge on any atom is 1.00 e. The summed E-state index contributed by atoms with van der Waals surface area (Å²) in [5, 5.41) is 2.24. The summed E-state index contributed by atoms with van der Waals surface area (Å²) in [7, 11) is 0.493.